The highest BCUT2D eigenvalue weighted by molar-refractivity contribution is 7.98. The Morgan fingerprint density at radius 1 is 1.06 bits per heavy atom. The van der Waals surface area contributed by atoms with E-state index in [2.05, 4.69) is 10.5 Å². The van der Waals surface area contributed by atoms with Gasteiger partial charge in [0.15, 0.2) is 0 Å². The number of piperazine rings is 1. The van der Waals surface area contributed by atoms with Crippen molar-refractivity contribution in [3.05, 3.63) is 76.1 Å². The number of thioether (sulfide) groups is 1. The summed E-state index contributed by atoms with van der Waals surface area (Å²) in [4.78, 5) is 30.3. The van der Waals surface area contributed by atoms with Gasteiger partial charge < -0.3 is 19.6 Å². The molecule has 0 spiro atoms. The van der Waals surface area contributed by atoms with Crippen molar-refractivity contribution in [3.8, 4) is 0 Å². The molecular weight excluding hydrogens is 460 g/mol. The smallest absolute Gasteiger partial charge is 0.321 e. The van der Waals surface area contributed by atoms with Crippen LogP contribution in [0, 0.1) is 13.8 Å². The zero-order valence-corrected chi connectivity index (χ0v) is 20.1. The number of anilines is 1. The number of nitrogens with zero attached hydrogens (tertiary/aromatic N) is 3. The molecule has 9 heteroatoms. The molecule has 33 heavy (non-hydrogen) atoms. The fraction of sp³-hybridized carbons (Fsp3) is 0.292. The van der Waals surface area contributed by atoms with Crippen LogP contribution >= 0.6 is 23.4 Å². The van der Waals surface area contributed by atoms with Gasteiger partial charge >= 0.3 is 6.03 Å². The van der Waals surface area contributed by atoms with Crippen LogP contribution in [0.4, 0.5) is 10.5 Å². The molecule has 7 nitrogen and oxygen atoms in total. The third-order valence-corrected chi connectivity index (χ3v) is 6.94. The molecule has 0 saturated carbocycles. The number of rotatable bonds is 5. The number of hydrogen-bond donors (Lipinski definition) is 1. The average Bonchev–Trinajstić information content (AvgIpc) is 3.25. The van der Waals surface area contributed by atoms with Crippen molar-refractivity contribution in [3.63, 3.8) is 0 Å². The van der Waals surface area contributed by atoms with Crippen molar-refractivity contribution in [2.75, 3.05) is 31.5 Å². The van der Waals surface area contributed by atoms with Gasteiger partial charge in [-0.1, -0.05) is 35.0 Å². The minimum atomic E-state index is -0.194. The molecule has 0 radical (unpaired) electrons. The first-order valence-corrected chi connectivity index (χ1v) is 12.0. The van der Waals surface area contributed by atoms with E-state index in [1.807, 2.05) is 56.3 Å². The van der Waals surface area contributed by atoms with Gasteiger partial charge in [0.05, 0.1) is 17.0 Å². The Labute approximate surface area is 202 Å². The van der Waals surface area contributed by atoms with Crippen molar-refractivity contribution < 1.29 is 14.1 Å². The lowest BCUT2D eigenvalue weighted by Crippen LogP contribution is -2.51. The number of carbonyl (C=O) groups excluding carboxylic acids is 2. The van der Waals surface area contributed by atoms with Gasteiger partial charge in [-0.15, -0.1) is 11.8 Å². The molecule has 1 N–H and O–H groups in total. The van der Waals surface area contributed by atoms with Gasteiger partial charge in [0, 0.05) is 47.9 Å². The highest BCUT2D eigenvalue weighted by Crippen LogP contribution is 2.28. The summed E-state index contributed by atoms with van der Waals surface area (Å²) in [6.07, 6.45) is 0. The van der Waals surface area contributed by atoms with Crippen LogP contribution in [0.1, 0.15) is 27.4 Å². The quantitative estimate of drug-likeness (QED) is 0.502. The number of aryl methyl sites for hydroxylation is 2. The number of amides is 3. The Morgan fingerprint density at radius 3 is 2.48 bits per heavy atom. The molecule has 1 saturated heterocycles. The molecule has 0 atom stereocenters. The fourth-order valence-electron chi connectivity index (χ4n) is 3.56. The van der Waals surface area contributed by atoms with Gasteiger partial charge in [-0.2, -0.15) is 0 Å². The topological polar surface area (TPSA) is 78.7 Å². The lowest BCUT2D eigenvalue weighted by Gasteiger charge is -2.35. The largest absolute Gasteiger partial charge is 0.360 e. The Kier molecular flexibility index (Phi) is 7.25. The number of urea groups is 1. The lowest BCUT2D eigenvalue weighted by molar-refractivity contribution is 0.0668. The second-order valence-corrected chi connectivity index (χ2v) is 9.32. The molecule has 1 aliphatic heterocycles. The summed E-state index contributed by atoms with van der Waals surface area (Å²) in [5.41, 5.74) is 3.10. The van der Waals surface area contributed by atoms with Gasteiger partial charge in [0.1, 0.15) is 5.76 Å². The minimum absolute atomic E-state index is 0.0303. The van der Waals surface area contributed by atoms with Crippen molar-refractivity contribution in [1.29, 1.82) is 0 Å². The zero-order chi connectivity index (χ0) is 23.4. The number of aromatic nitrogens is 1. The van der Waals surface area contributed by atoms with E-state index in [9.17, 15) is 9.59 Å². The maximum atomic E-state index is 13.2. The first-order chi connectivity index (χ1) is 15.9. The summed E-state index contributed by atoms with van der Waals surface area (Å²) in [7, 11) is 0. The molecule has 2 heterocycles. The Bertz CT molecular complexity index is 1160. The van der Waals surface area contributed by atoms with Gasteiger partial charge in [0.25, 0.3) is 5.91 Å². The highest BCUT2D eigenvalue weighted by Gasteiger charge is 2.26. The summed E-state index contributed by atoms with van der Waals surface area (Å²) in [5, 5.41) is 7.40. The molecule has 4 rings (SSSR count). The van der Waals surface area contributed by atoms with E-state index in [-0.39, 0.29) is 11.9 Å². The predicted octanol–water partition coefficient (Wildman–Crippen LogP) is 5.23. The van der Waals surface area contributed by atoms with Crippen molar-refractivity contribution in [1.82, 2.24) is 15.0 Å². The van der Waals surface area contributed by atoms with Crippen LogP contribution in [0.25, 0.3) is 0 Å². The van der Waals surface area contributed by atoms with E-state index in [0.717, 1.165) is 21.9 Å². The third-order valence-electron chi connectivity index (χ3n) is 5.44. The van der Waals surface area contributed by atoms with Crippen molar-refractivity contribution in [2.24, 2.45) is 0 Å². The number of benzene rings is 2. The Morgan fingerprint density at radius 2 is 1.79 bits per heavy atom. The van der Waals surface area contributed by atoms with Crippen LogP contribution in [0.3, 0.4) is 0 Å². The van der Waals surface area contributed by atoms with Gasteiger partial charge in [0.2, 0.25) is 0 Å². The molecule has 172 valence electrons. The monoisotopic (exact) mass is 484 g/mol. The lowest BCUT2D eigenvalue weighted by atomic mass is 10.2. The second-order valence-electron chi connectivity index (χ2n) is 7.89. The maximum absolute atomic E-state index is 13.2. The molecule has 1 fully saturated rings. The third kappa shape index (κ3) is 5.69. The molecule has 2 aromatic carbocycles. The zero-order valence-electron chi connectivity index (χ0n) is 18.5. The predicted molar refractivity (Wildman–Crippen MR) is 130 cm³/mol. The first kappa shape index (κ1) is 23.2. The van der Waals surface area contributed by atoms with E-state index in [1.165, 1.54) is 0 Å². The van der Waals surface area contributed by atoms with Crippen LogP contribution < -0.4 is 5.32 Å². The first-order valence-electron chi connectivity index (χ1n) is 10.7. The van der Waals surface area contributed by atoms with Gasteiger partial charge in [-0.25, -0.2) is 4.79 Å². The number of carbonyl (C=O) groups is 2. The number of nitrogens with one attached hydrogen (secondary N) is 1. The maximum Gasteiger partial charge on any atom is 0.321 e. The van der Waals surface area contributed by atoms with Gasteiger partial charge in [-0.3, -0.25) is 4.79 Å². The molecule has 1 aliphatic rings. The molecule has 3 aromatic rings. The van der Waals surface area contributed by atoms with E-state index in [0.29, 0.717) is 48.2 Å². The molecule has 0 unspecified atom stereocenters. The molecule has 3 amide bonds. The van der Waals surface area contributed by atoms with Crippen LogP contribution in [-0.4, -0.2) is 53.1 Å². The number of hydrogen-bond acceptors (Lipinski definition) is 5. The summed E-state index contributed by atoms with van der Waals surface area (Å²) in [6, 6.07) is 14.7. The highest BCUT2D eigenvalue weighted by atomic mass is 35.5. The molecular formula is C24H25ClN4O3S. The van der Waals surface area contributed by atoms with E-state index >= 15 is 0 Å². The number of halogens is 1. The van der Waals surface area contributed by atoms with Crippen molar-refractivity contribution in [2.45, 2.75) is 24.5 Å². The van der Waals surface area contributed by atoms with E-state index in [1.54, 1.807) is 27.6 Å². The SMILES string of the molecule is Cc1cc(CSc2ccccc2C(=O)N2CCN(C(=O)Nc3ccc(C)c(Cl)c3)CC2)on1. The van der Waals surface area contributed by atoms with Crippen LogP contribution in [-0.2, 0) is 5.75 Å². The van der Waals surface area contributed by atoms with Crippen molar-refractivity contribution >= 4 is 41.0 Å². The standard InChI is InChI=1S/C24H25ClN4O3S/c1-16-7-8-18(14-21(16)25)26-24(31)29-11-9-28(10-12-29)23(30)20-5-3-4-6-22(20)33-15-19-13-17(2)27-32-19/h3-8,13-14H,9-12,15H2,1-2H3,(H,26,31). The summed E-state index contributed by atoms with van der Waals surface area (Å²) in [5.74, 6) is 1.34. The molecule has 1 aromatic heterocycles. The van der Waals surface area contributed by atoms with E-state index < -0.39 is 0 Å². The Hall–Kier alpha value is -2.97. The average molecular weight is 485 g/mol. The molecule has 0 aliphatic carbocycles. The fourth-order valence-corrected chi connectivity index (χ4v) is 4.66. The normalized spacial score (nSPS) is 13.8. The Balaban J connectivity index is 1.34. The second kappa shape index (κ2) is 10.3. The minimum Gasteiger partial charge on any atom is -0.360 e. The summed E-state index contributed by atoms with van der Waals surface area (Å²) >= 11 is 7.70. The molecule has 0 bridgehead atoms. The van der Waals surface area contributed by atoms with E-state index in [4.69, 9.17) is 16.1 Å². The van der Waals surface area contributed by atoms with Crippen LogP contribution in [0.2, 0.25) is 5.02 Å². The van der Waals surface area contributed by atoms with Gasteiger partial charge in [-0.05, 0) is 43.7 Å². The summed E-state index contributed by atoms with van der Waals surface area (Å²) < 4.78 is 5.27. The summed E-state index contributed by atoms with van der Waals surface area (Å²) in [6.45, 7) is 5.66. The van der Waals surface area contributed by atoms with Crippen LogP contribution in [0.15, 0.2) is 57.9 Å². The van der Waals surface area contributed by atoms with Crippen LogP contribution in [0.5, 0.6) is 0 Å².